The van der Waals surface area contributed by atoms with Gasteiger partial charge in [-0.1, -0.05) is 352 Å². The number of rotatable bonds is 10. The largest absolute Gasteiger partial charge is 0.310 e. The molecule has 0 aromatic heterocycles. The van der Waals surface area contributed by atoms with Gasteiger partial charge in [-0.15, -0.1) is 0 Å². The Bertz CT molecular complexity index is 9450. The summed E-state index contributed by atoms with van der Waals surface area (Å²) in [4.78, 5) is 64.1. The molecule has 8 heteroatoms. The summed E-state index contributed by atoms with van der Waals surface area (Å²) in [5.41, 5.74) is 29.6. The first-order valence-corrected chi connectivity index (χ1v) is 48.5. The summed E-state index contributed by atoms with van der Waals surface area (Å²) in [5, 5.41) is 26.7. The van der Waals surface area contributed by atoms with Crippen molar-refractivity contribution in [2.45, 2.75) is 60.8 Å². The number of hydrogen-bond acceptors (Lipinski definition) is 8. The monoisotopic (exact) mass is 1810 g/mol. The lowest BCUT2D eigenvalue weighted by atomic mass is 9.73. The van der Waals surface area contributed by atoms with Crippen LogP contribution in [0.15, 0.2) is 413 Å². The average molecular weight is 1810 g/mol. The zero-order valence-corrected chi connectivity index (χ0v) is 79.2. The minimum atomic E-state index is -0.117. The van der Waals surface area contributed by atoms with E-state index in [2.05, 4.69) is 378 Å². The van der Waals surface area contributed by atoms with Gasteiger partial charge in [-0.3, -0.25) is 19.2 Å². The van der Waals surface area contributed by atoms with Crippen molar-refractivity contribution >= 4 is 221 Å². The Morgan fingerprint density at radius 1 is 0.191 bits per heavy atom. The van der Waals surface area contributed by atoms with Crippen LogP contribution in [0.5, 0.6) is 0 Å². The Hall–Kier alpha value is -17.7. The number of aryl methyl sites for hydroxylation is 6. The van der Waals surface area contributed by atoms with Gasteiger partial charge >= 0.3 is 0 Å². The van der Waals surface area contributed by atoms with Crippen LogP contribution in [0.3, 0.4) is 0 Å². The molecule has 0 radical (unpaired) electrons. The number of ketones is 4. The summed E-state index contributed by atoms with van der Waals surface area (Å²) in [6.07, 6.45) is 0. The molecule has 0 saturated carbocycles. The Kier molecular flexibility index (Phi) is 19.2. The molecule has 0 amide bonds. The first-order valence-electron chi connectivity index (χ1n) is 48.5. The first-order chi connectivity index (χ1) is 68.9. The van der Waals surface area contributed by atoms with Crippen molar-refractivity contribution in [2.24, 2.45) is 0 Å². The third-order valence-corrected chi connectivity index (χ3v) is 30.2. The van der Waals surface area contributed by atoms with E-state index in [0.717, 1.165) is 209 Å². The van der Waals surface area contributed by atoms with Crippen molar-refractivity contribution in [3.8, 4) is 0 Å². The van der Waals surface area contributed by atoms with Crippen LogP contribution < -0.4 is 19.6 Å². The number of para-hydroxylation sites is 4. The van der Waals surface area contributed by atoms with E-state index in [1.54, 1.807) is 0 Å². The third-order valence-electron chi connectivity index (χ3n) is 30.2. The van der Waals surface area contributed by atoms with Gasteiger partial charge in [0.1, 0.15) is 0 Å². The smallest absolute Gasteiger partial charge is 0.194 e. The maximum Gasteiger partial charge on any atom is 0.194 e. The normalized spacial score (nSPS) is 13.1. The van der Waals surface area contributed by atoms with E-state index in [1.807, 2.05) is 109 Å². The number of carbonyl (C=O) groups excluding carboxylic acids is 4. The Morgan fingerprint density at radius 2 is 0.461 bits per heavy atom. The minimum Gasteiger partial charge on any atom is -0.310 e. The predicted molar refractivity (Wildman–Crippen MR) is 589 cm³/mol. The second kappa shape index (κ2) is 32.2. The number of fused-ring (bicyclic) bond motifs is 2. The highest BCUT2D eigenvalue weighted by atomic mass is 16.1. The summed E-state index contributed by atoms with van der Waals surface area (Å²) in [5.74, 6) is 0.437. The van der Waals surface area contributed by atoms with E-state index >= 15 is 0 Å². The van der Waals surface area contributed by atoms with Gasteiger partial charge in [0.2, 0.25) is 0 Å². The van der Waals surface area contributed by atoms with Crippen LogP contribution in [0.1, 0.15) is 122 Å². The molecule has 1 aliphatic heterocycles. The molecule has 0 saturated heterocycles. The fourth-order valence-electron chi connectivity index (χ4n) is 23.8. The number of carbonyl (C=O) groups is 4. The number of benzene rings is 24. The van der Waals surface area contributed by atoms with Gasteiger partial charge in [-0.05, 0) is 225 Å². The molecule has 1 heterocycles. The van der Waals surface area contributed by atoms with E-state index in [9.17, 15) is 19.2 Å². The molecule has 8 nitrogen and oxygen atoms in total. The van der Waals surface area contributed by atoms with E-state index in [0.29, 0.717) is 0 Å². The van der Waals surface area contributed by atoms with Crippen LogP contribution in [-0.4, -0.2) is 23.1 Å². The van der Waals surface area contributed by atoms with Gasteiger partial charge in [0.05, 0.1) is 34.1 Å². The van der Waals surface area contributed by atoms with Crippen LogP contribution in [-0.2, 0) is 5.41 Å². The molecule has 4 aliphatic carbocycles. The van der Waals surface area contributed by atoms with Crippen molar-refractivity contribution in [2.75, 3.05) is 19.6 Å². The fourth-order valence-corrected chi connectivity index (χ4v) is 23.8. The van der Waals surface area contributed by atoms with E-state index < -0.39 is 0 Å². The molecular formula is C133H92N4O4. The molecule has 24 aromatic rings. The molecule has 0 fully saturated rings. The lowest BCUT2D eigenvalue weighted by molar-refractivity contribution is 0.103. The maximum atomic E-state index is 13.7. The standard InChI is InChI=1S/C35H27NO.C34H23NO.C33H23NO.C31H19NO/c1-20-11-15-29(22(3)17-20)36(30-16-12-21(2)18-23(30)4)31-19-25-14-13-24-7-5-9-27-32(24)33(25)34-26(31)8-6-10-28(34)35(27)37;1-34(2)25-13-3-5-15-27(25)35(28-16-6-4-14-26(28)34)29-19-21-18-17-20-9-7-11-23-30(20)31(21)32-22(29)10-8-12-24(32)33(23)36;1-20-9-15-24(16-10-20)34(25-17-11-21(2)12-18-25)29-19-23-14-13-22-5-3-7-27-30(22)31(23)32-26(29)6-4-8-28(32)33(27)35;33-31-25-15-7-9-20-17-18-21-19-27(24-14-8-16-26(31)30(24)29(21)28(20)25)32(22-10-3-1-4-11-22)23-12-5-2-6-13-23/h5-19H,1-4H3;3-19H,1-2H3;3-19H,1-2H3;1-19H. The molecule has 5 aliphatic rings. The highest BCUT2D eigenvalue weighted by Crippen LogP contribution is 2.58. The van der Waals surface area contributed by atoms with Crippen LogP contribution in [0.25, 0.3) is 129 Å². The number of anilines is 12. The molecule has 0 N–H and O–H groups in total. The van der Waals surface area contributed by atoms with Gasteiger partial charge in [0, 0.05) is 149 Å². The van der Waals surface area contributed by atoms with Crippen LogP contribution in [0.4, 0.5) is 68.2 Å². The fraction of sp³-hybridized carbons (Fsp3) is 0.0677. The van der Waals surface area contributed by atoms with Crippen molar-refractivity contribution < 1.29 is 19.2 Å². The second-order valence-corrected chi connectivity index (χ2v) is 39.0. The summed E-state index contributed by atoms with van der Waals surface area (Å²) in [7, 11) is 0. The highest BCUT2D eigenvalue weighted by molar-refractivity contribution is 6.43. The predicted octanol–water partition coefficient (Wildman–Crippen LogP) is 35.1. The zero-order valence-electron chi connectivity index (χ0n) is 79.2. The Labute approximate surface area is 816 Å². The lowest BCUT2D eigenvalue weighted by Crippen LogP contribution is -2.30. The first kappa shape index (κ1) is 83.8. The van der Waals surface area contributed by atoms with Gasteiger partial charge < -0.3 is 19.6 Å². The molecule has 29 rings (SSSR count). The van der Waals surface area contributed by atoms with Gasteiger partial charge in [0.25, 0.3) is 0 Å². The molecule has 0 atom stereocenters. The van der Waals surface area contributed by atoms with Crippen molar-refractivity contribution in [3.05, 3.63) is 502 Å². The molecule has 24 aromatic carbocycles. The highest BCUT2D eigenvalue weighted by Gasteiger charge is 2.40. The summed E-state index contributed by atoms with van der Waals surface area (Å²) in [6, 6.07) is 144. The molecule has 0 bridgehead atoms. The van der Waals surface area contributed by atoms with Crippen molar-refractivity contribution in [3.63, 3.8) is 0 Å². The number of hydrogen-bond donors (Lipinski definition) is 0. The summed E-state index contributed by atoms with van der Waals surface area (Å²) >= 11 is 0. The van der Waals surface area contributed by atoms with Crippen LogP contribution >= 0.6 is 0 Å². The molecule has 668 valence electrons. The quantitative estimate of drug-likeness (QED) is 0.125. The number of nitrogens with zero attached hydrogens (tertiary/aromatic N) is 4. The average Bonchev–Trinajstić information content (AvgIpc) is 0.702. The van der Waals surface area contributed by atoms with Gasteiger partial charge in [-0.25, -0.2) is 0 Å². The Morgan fingerprint density at radius 3 is 0.801 bits per heavy atom. The van der Waals surface area contributed by atoms with Gasteiger partial charge in [-0.2, -0.15) is 0 Å². The van der Waals surface area contributed by atoms with Crippen molar-refractivity contribution in [1.29, 1.82) is 0 Å². The van der Waals surface area contributed by atoms with Gasteiger partial charge in [0.15, 0.2) is 23.1 Å². The minimum absolute atomic E-state index is 0.106. The Balaban J connectivity index is 0.0000000966. The lowest BCUT2D eigenvalue weighted by Gasteiger charge is -2.42. The van der Waals surface area contributed by atoms with Crippen molar-refractivity contribution in [1.82, 2.24) is 0 Å². The van der Waals surface area contributed by atoms with Crippen LogP contribution in [0.2, 0.25) is 0 Å². The molecule has 0 unspecified atom stereocenters. The zero-order chi connectivity index (χ0) is 95.2. The topological polar surface area (TPSA) is 81.2 Å². The SMILES string of the molecule is CC1(C)c2ccccc2N(c2cc3ccc4cccc5c4c3c3c(cccc23)C5=O)c2ccccc21.Cc1ccc(N(c2ccc(C)cc2)c2cc3ccc4cccc5c4c3c3c(cccc23)C5=O)cc1.Cc1ccc(N(c2ccc(C)cc2C)c2cc3ccc4cccc5c4c3c3c(cccc23)C5=O)c(C)c1.O=C1c2cccc3ccc4cc(N(c5ccccc5)c5ccccc5)c5cccc1c5c4c23. The molecule has 141 heavy (non-hydrogen) atoms. The summed E-state index contributed by atoms with van der Waals surface area (Å²) in [6.45, 7) is 17.5. The van der Waals surface area contributed by atoms with E-state index in [-0.39, 0.29) is 28.5 Å². The van der Waals surface area contributed by atoms with E-state index in [4.69, 9.17) is 0 Å². The molecular weight excluding hydrogens is 1720 g/mol. The van der Waals surface area contributed by atoms with Crippen LogP contribution in [0, 0.1) is 41.5 Å². The van der Waals surface area contributed by atoms with E-state index in [1.165, 1.54) is 77.4 Å². The maximum absolute atomic E-state index is 13.7. The third kappa shape index (κ3) is 12.9. The second-order valence-electron chi connectivity index (χ2n) is 39.0. The molecule has 0 spiro atoms. The summed E-state index contributed by atoms with van der Waals surface area (Å²) < 4.78 is 0.